The lowest BCUT2D eigenvalue weighted by Gasteiger charge is -2.05. The summed E-state index contributed by atoms with van der Waals surface area (Å²) in [5, 5.41) is 9.89. The van der Waals surface area contributed by atoms with Gasteiger partial charge >= 0.3 is 0 Å². The van der Waals surface area contributed by atoms with Gasteiger partial charge in [0.25, 0.3) is 0 Å². The van der Waals surface area contributed by atoms with Gasteiger partial charge in [-0.15, -0.1) is 0 Å². The van der Waals surface area contributed by atoms with Gasteiger partial charge < -0.3 is 5.11 Å². The molecule has 1 N–H and O–H groups in total. The first kappa shape index (κ1) is 9.23. The van der Waals surface area contributed by atoms with Crippen molar-refractivity contribution in [3.8, 4) is 0 Å². The van der Waals surface area contributed by atoms with Crippen molar-refractivity contribution in [3.05, 3.63) is 34.9 Å². The van der Waals surface area contributed by atoms with E-state index in [4.69, 9.17) is 11.6 Å². The molecule has 3 heteroatoms. The van der Waals surface area contributed by atoms with Gasteiger partial charge in [0.1, 0.15) is 6.10 Å². The predicted molar refractivity (Wildman–Crippen MR) is 47.1 cm³/mol. The van der Waals surface area contributed by atoms with E-state index in [1.807, 2.05) is 0 Å². The molecule has 1 atom stereocenters. The average molecular weight is 185 g/mol. The Bertz CT molecular complexity index is 279. The molecule has 1 aromatic carbocycles. The number of benzene rings is 1. The number of aliphatic hydroxyl groups is 1. The smallest absolute Gasteiger partial charge is 0.162 e. The van der Waals surface area contributed by atoms with Crippen LogP contribution in [0.4, 0.5) is 0 Å². The van der Waals surface area contributed by atoms with E-state index < -0.39 is 6.10 Å². The third kappa shape index (κ3) is 2.06. The highest BCUT2D eigenvalue weighted by Crippen LogP contribution is 2.16. The Morgan fingerprint density at radius 1 is 1.42 bits per heavy atom. The summed E-state index contributed by atoms with van der Waals surface area (Å²) < 4.78 is 0. The molecule has 1 aromatic rings. The minimum absolute atomic E-state index is 0.266. The van der Waals surface area contributed by atoms with E-state index >= 15 is 0 Å². The zero-order valence-corrected chi connectivity index (χ0v) is 7.38. The monoisotopic (exact) mass is 184 g/mol. The topological polar surface area (TPSA) is 37.3 Å². The molecule has 0 unspecified atom stereocenters. The van der Waals surface area contributed by atoms with E-state index in [1.54, 1.807) is 24.3 Å². The maximum absolute atomic E-state index is 10.7. The van der Waals surface area contributed by atoms with Gasteiger partial charge in [-0.2, -0.15) is 0 Å². The third-order valence-electron chi connectivity index (χ3n) is 1.57. The zero-order valence-electron chi connectivity index (χ0n) is 6.62. The molecule has 0 spiro atoms. The first-order chi connectivity index (χ1) is 5.61. The summed E-state index contributed by atoms with van der Waals surface area (Å²) in [7, 11) is 0. The van der Waals surface area contributed by atoms with Crippen LogP contribution in [0.1, 0.15) is 18.6 Å². The van der Waals surface area contributed by atoms with Crippen LogP contribution in [0.25, 0.3) is 0 Å². The Morgan fingerprint density at radius 2 is 1.92 bits per heavy atom. The predicted octanol–water partition coefficient (Wildman–Crippen LogP) is 1.96. The molecule has 0 aliphatic carbocycles. The first-order valence-corrected chi connectivity index (χ1v) is 3.93. The van der Waals surface area contributed by atoms with Crippen LogP contribution in [0.2, 0.25) is 5.02 Å². The molecule has 12 heavy (non-hydrogen) atoms. The van der Waals surface area contributed by atoms with E-state index in [0.717, 1.165) is 0 Å². The Morgan fingerprint density at radius 3 is 2.33 bits per heavy atom. The minimum atomic E-state index is -1.03. The van der Waals surface area contributed by atoms with Crippen LogP contribution in [0, 0.1) is 0 Å². The van der Waals surface area contributed by atoms with Gasteiger partial charge in [0.2, 0.25) is 0 Å². The Balaban J connectivity index is 2.89. The SMILES string of the molecule is CC(=O)[C@H](O)c1ccc(Cl)cc1. The minimum Gasteiger partial charge on any atom is -0.381 e. The number of carbonyl (C=O) groups is 1. The van der Waals surface area contributed by atoms with E-state index in [1.165, 1.54) is 6.92 Å². The maximum Gasteiger partial charge on any atom is 0.162 e. The van der Waals surface area contributed by atoms with Crippen LogP contribution < -0.4 is 0 Å². The summed E-state index contributed by atoms with van der Waals surface area (Å²) in [5.74, 6) is -0.266. The fraction of sp³-hybridized carbons (Fsp3) is 0.222. The van der Waals surface area contributed by atoms with Gasteiger partial charge in [-0.1, -0.05) is 23.7 Å². The quantitative estimate of drug-likeness (QED) is 0.763. The van der Waals surface area contributed by atoms with Gasteiger partial charge in [-0.3, -0.25) is 4.79 Å². The standard InChI is InChI=1S/C9H9ClO2/c1-6(11)9(12)7-2-4-8(10)5-3-7/h2-5,9,12H,1H3/t9-/m0/s1. The van der Waals surface area contributed by atoms with Gasteiger partial charge in [-0.05, 0) is 24.6 Å². The Hall–Kier alpha value is -0.860. The summed E-state index contributed by atoms with van der Waals surface area (Å²) in [6.45, 7) is 1.35. The van der Waals surface area contributed by atoms with Crippen molar-refractivity contribution in [1.29, 1.82) is 0 Å². The molecule has 0 bridgehead atoms. The summed E-state index contributed by atoms with van der Waals surface area (Å²) in [5.41, 5.74) is 0.576. The van der Waals surface area contributed by atoms with Crippen LogP contribution in [-0.2, 0) is 4.79 Å². The molecule has 0 amide bonds. The third-order valence-corrected chi connectivity index (χ3v) is 1.82. The molecular formula is C9H9ClO2. The molecule has 1 rings (SSSR count). The lowest BCUT2D eigenvalue weighted by Crippen LogP contribution is -2.06. The fourth-order valence-electron chi connectivity index (χ4n) is 0.880. The lowest BCUT2D eigenvalue weighted by atomic mass is 10.1. The van der Waals surface area contributed by atoms with Crippen molar-refractivity contribution in [1.82, 2.24) is 0 Å². The number of halogens is 1. The number of ketones is 1. The van der Waals surface area contributed by atoms with Crippen molar-refractivity contribution in [2.75, 3.05) is 0 Å². The zero-order chi connectivity index (χ0) is 9.14. The van der Waals surface area contributed by atoms with Crippen LogP contribution in [0.3, 0.4) is 0 Å². The first-order valence-electron chi connectivity index (χ1n) is 3.55. The molecule has 0 saturated heterocycles. The number of carbonyl (C=O) groups excluding carboxylic acids is 1. The maximum atomic E-state index is 10.7. The molecule has 64 valence electrons. The van der Waals surface area contributed by atoms with Crippen molar-refractivity contribution < 1.29 is 9.90 Å². The van der Waals surface area contributed by atoms with Crippen molar-refractivity contribution in [2.24, 2.45) is 0 Å². The second-order valence-corrected chi connectivity index (χ2v) is 3.00. The molecule has 0 radical (unpaired) electrons. The van der Waals surface area contributed by atoms with E-state index in [9.17, 15) is 9.90 Å². The summed E-state index contributed by atoms with van der Waals surface area (Å²) in [6.07, 6.45) is -1.03. The van der Waals surface area contributed by atoms with Crippen molar-refractivity contribution >= 4 is 17.4 Å². The van der Waals surface area contributed by atoms with Crippen LogP contribution >= 0.6 is 11.6 Å². The van der Waals surface area contributed by atoms with Gasteiger partial charge in [0.05, 0.1) is 0 Å². The molecular weight excluding hydrogens is 176 g/mol. The van der Waals surface area contributed by atoms with E-state index in [2.05, 4.69) is 0 Å². The summed E-state index contributed by atoms with van der Waals surface area (Å²) in [4.78, 5) is 10.7. The average Bonchev–Trinajstić information content (AvgIpc) is 2.04. The highest BCUT2D eigenvalue weighted by molar-refractivity contribution is 6.30. The lowest BCUT2D eigenvalue weighted by molar-refractivity contribution is -0.125. The van der Waals surface area contributed by atoms with Crippen LogP contribution in [0.15, 0.2) is 24.3 Å². The molecule has 0 fully saturated rings. The van der Waals surface area contributed by atoms with E-state index in [0.29, 0.717) is 10.6 Å². The number of rotatable bonds is 2. The normalized spacial score (nSPS) is 12.6. The highest BCUT2D eigenvalue weighted by atomic mass is 35.5. The summed E-state index contributed by atoms with van der Waals surface area (Å²) in [6, 6.07) is 6.55. The molecule has 0 aromatic heterocycles. The van der Waals surface area contributed by atoms with Gasteiger partial charge in [0, 0.05) is 5.02 Å². The van der Waals surface area contributed by atoms with Crippen molar-refractivity contribution in [3.63, 3.8) is 0 Å². The molecule has 2 nitrogen and oxygen atoms in total. The van der Waals surface area contributed by atoms with Crippen molar-refractivity contribution in [2.45, 2.75) is 13.0 Å². The van der Waals surface area contributed by atoms with Gasteiger partial charge in [-0.25, -0.2) is 0 Å². The Kier molecular flexibility index (Phi) is 2.84. The van der Waals surface area contributed by atoms with Crippen LogP contribution in [0.5, 0.6) is 0 Å². The molecule has 0 aliphatic heterocycles. The van der Waals surface area contributed by atoms with Gasteiger partial charge in [0.15, 0.2) is 5.78 Å². The molecule has 0 aliphatic rings. The summed E-state index contributed by atoms with van der Waals surface area (Å²) >= 11 is 5.63. The number of aliphatic hydroxyl groups excluding tert-OH is 1. The largest absolute Gasteiger partial charge is 0.381 e. The second-order valence-electron chi connectivity index (χ2n) is 2.56. The Labute approximate surface area is 75.8 Å². The second kappa shape index (κ2) is 3.70. The van der Waals surface area contributed by atoms with Crippen LogP contribution in [-0.4, -0.2) is 10.9 Å². The number of Topliss-reactive ketones (excluding diaryl/α,β-unsaturated/α-hetero) is 1. The van der Waals surface area contributed by atoms with E-state index in [-0.39, 0.29) is 5.78 Å². The molecule has 0 heterocycles. The number of hydrogen-bond acceptors (Lipinski definition) is 2. The highest BCUT2D eigenvalue weighted by Gasteiger charge is 2.11. The fourth-order valence-corrected chi connectivity index (χ4v) is 1.01. The molecule has 0 saturated carbocycles. The number of hydrogen-bond donors (Lipinski definition) is 1.